The van der Waals surface area contributed by atoms with Gasteiger partial charge in [0.2, 0.25) is 0 Å². The number of halogens is 1. The van der Waals surface area contributed by atoms with Gasteiger partial charge in [-0.15, -0.1) is 0 Å². The normalized spacial score (nSPS) is 11.1. The standard InChI is InChI=1S/C14H18BrN3O3/c1-9-7-11(15)13-16-10(2)12(18(13)8-9)14(21)17(3-5-19)4-6-20/h7-8,19-20H,3-6H2,1-2H3. The summed E-state index contributed by atoms with van der Waals surface area (Å²) in [4.78, 5) is 18.5. The molecule has 0 aliphatic heterocycles. The number of aliphatic hydroxyl groups is 2. The monoisotopic (exact) mass is 355 g/mol. The smallest absolute Gasteiger partial charge is 0.272 e. The minimum Gasteiger partial charge on any atom is -0.395 e. The first kappa shape index (κ1) is 15.9. The Hall–Kier alpha value is -1.44. The fourth-order valence-electron chi connectivity index (χ4n) is 2.31. The molecule has 6 nitrogen and oxygen atoms in total. The zero-order valence-electron chi connectivity index (χ0n) is 12.0. The second-order valence-corrected chi connectivity index (χ2v) is 5.70. The van der Waals surface area contributed by atoms with Crippen molar-refractivity contribution in [2.45, 2.75) is 13.8 Å². The van der Waals surface area contributed by atoms with Gasteiger partial charge in [-0.1, -0.05) is 0 Å². The molecule has 7 heteroatoms. The minimum absolute atomic E-state index is 0.149. The Kier molecular flexibility index (Phi) is 4.97. The van der Waals surface area contributed by atoms with Crippen molar-refractivity contribution in [1.29, 1.82) is 0 Å². The third-order valence-electron chi connectivity index (χ3n) is 3.22. The van der Waals surface area contributed by atoms with Crippen molar-refractivity contribution in [3.05, 3.63) is 33.7 Å². The van der Waals surface area contributed by atoms with E-state index in [0.29, 0.717) is 17.0 Å². The molecule has 0 spiro atoms. The number of nitrogens with zero attached hydrogens (tertiary/aromatic N) is 3. The Morgan fingerprint density at radius 2 is 1.95 bits per heavy atom. The average molecular weight is 356 g/mol. The van der Waals surface area contributed by atoms with Crippen LogP contribution in [0.3, 0.4) is 0 Å². The van der Waals surface area contributed by atoms with E-state index in [0.717, 1.165) is 10.0 Å². The zero-order valence-corrected chi connectivity index (χ0v) is 13.6. The number of imidazole rings is 1. The van der Waals surface area contributed by atoms with Crippen LogP contribution in [0.2, 0.25) is 0 Å². The molecule has 0 fully saturated rings. The summed E-state index contributed by atoms with van der Waals surface area (Å²) in [6.07, 6.45) is 1.85. The number of hydrogen-bond donors (Lipinski definition) is 2. The van der Waals surface area contributed by atoms with E-state index >= 15 is 0 Å². The van der Waals surface area contributed by atoms with Gasteiger partial charge in [0.15, 0.2) is 5.65 Å². The van der Waals surface area contributed by atoms with Crippen molar-refractivity contribution in [3.8, 4) is 0 Å². The molecular formula is C14H18BrN3O3. The molecule has 2 aromatic rings. The number of aryl methyl sites for hydroxylation is 2. The number of aliphatic hydroxyl groups excluding tert-OH is 2. The minimum atomic E-state index is -0.249. The van der Waals surface area contributed by atoms with E-state index < -0.39 is 0 Å². The average Bonchev–Trinajstić information content (AvgIpc) is 2.74. The summed E-state index contributed by atoms with van der Waals surface area (Å²) in [5, 5.41) is 18.2. The molecular weight excluding hydrogens is 338 g/mol. The molecule has 2 aromatic heterocycles. The van der Waals surface area contributed by atoms with Crippen molar-refractivity contribution in [1.82, 2.24) is 14.3 Å². The maximum absolute atomic E-state index is 12.7. The van der Waals surface area contributed by atoms with Crippen LogP contribution in [0.15, 0.2) is 16.7 Å². The van der Waals surface area contributed by atoms with E-state index in [2.05, 4.69) is 20.9 Å². The van der Waals surface area contributed by atoms with Crippen molar-refractivity contribution < 1.29 is 15.0 Å². The highest BCUT2D eigenvalue weighted by Gasteiger charge is 2.23. The summed E-state index contributed by atoms with van der Waals surface area (Å²) < 4.78 is 2.57. The van der Waals surface area contributed by atoms with Crippen LogP contribution in [-0.2, 0) is 0 Å². The maximum atomic E-state index is 12.7. The highest BCUT2D eigenvalue weighted by molar-refractivity contribution is 9.10. The van der Waals surface area contributed by atoms with E-state index in [9.17, 15) is 4.79 Å². The molecule has 0 aromatic carbocycles. The summed E-state index contributed by atoms with van der Waals surface area (Å²) >= 11 is 3.45. The number of hydrogen-bond acceptors (Lipinski definition) is 4. The molecule has 1 amide bonds. The van der Waals surface area contributed by atoms with Crippen LogP contribution in [0.4, 0.5) is 0 Å². The van der Waals surface area contributed by atoms with Gasteiger partial charge in [0, 0.05) is 19.3 Å². The predicted molar refractivity (Wildman–Crippen MR) is 82.4 cm³/mol. The number of amides is 1. The lowest BCUT2D eigenvalue weighted by Crippen LogP contribution is -2.36. The molecule has 2 N–H and O–H groups in total. The summed E-state index contributed by atoms with van der Waals surface area (Å²) in [7, 11) is 0. The first-order chi connectivity index (χ1) is 9.99. The molecule has 0 atom stereocenters. The van der Waals surface area contributed by atoms with Crippen molar-refractivity contribution in [2.24, 2.45) is 0 Å². The highest BCUT2D eigenvalue weighted by Crippen LogP contribution is 2.23. The van der Waals surface area contributed by atoms with E-state index in [1.807, 2.05) is 19.2 Å². The molecule has 2 rings (SSSR count). The number of aromatic nitrogens is 2. The van der Waals surface area contributed by atoms with Crippen LogP contribution in [0.25, 0.3) is 5.65 Å². The zero-order chi connectivity index (χ0) is 15.6. The molecule has 0 aliphatic carbocycles. The fraction of sp³-hybridized carbons (Fsp3) is 0.429. The van der Waals surface area contributed by atoms with E-state index in [1.165, 1.54) is 4.90 Å². The van der Waals surface area contributed by atoms with Gasteiger partial charge in [0.1, 0.15) is 5.69 Å². The van der Waals surface area contributed by atoms with Crippen LogP contribution in [0, 0.1) is 13.8 Å². The largest absolute Gasteiger partial charge is 0.395 e. The third-order valence-corrected chi connectivity index (χ3v) is 3.80. The van der Waals surface area contributed by atoms with Gasteiger partial charge in [-0.25, -0.2) is 4.98 Å². The van der Waals surface area contributed by atoms with Crippen LogP contribution in [-0.4, -0.2) is 56.7 Å². The van der Waals surface area contributed by atoms with E-state index in [1.54, 1.807) is 11.3 Å². The molecule has 0 bridgehead atoms. The second-order valence-electron chi connectivity index (χ2n) is 4.84. The molecule has 0 aliphatic rings. The van der Waals surface area contributed by atoms with Gasteiger partial charge in [-0.3, -0.25) is 9.20 Å². The molecule has 0 unspecified atom stereocenters. The number of carbonyl (C=O) groups excluding carboxylic acids is 1. The quantitative estimate of drug-likeness (QED) is 0.842. The Labute approximate surface area is 131 Å². The lowest BCUT2D eigenvalue weighted by molar-refractivity contribution is 0.0677. The van der Waals surface area contributed by atoms with Gasteiger partial charge >= 0.3 is 0 Å². The lowest BCUT2D eigenvalue weighted by atomic mass is 10.2. The SMILES string of the molecule is Cc1cc(Br)c2nc(C)c(C(=O)N(CCO)CCO)n2c1. The molecule has 114 valence electrons. The Balaban J connectivity index is 2.54. The summed E-state index contributed by atoms with van der Waals surface area (Å²) in [5.41, 5.74) is 2.74. The lowest BCUT2D eigenvalue weighted by Gasteiger charge is -2.20. The number of carbonyl (C=O) groups is 1. The van der Waals surface area contributed by atoms with Crippen LogP contribution in [0.1, 0.15) is 21.7 Å². The van der Waals surface area contributed by atoms with Gasteiger partial charge in [-0.2, -0.15) is 0 Å². The molecule has 0 saturated heterocycles. The fourth-order valence-corrected chi connectivity index (χ4v) is 2.95. The Bertz CT molecular complexity index is 663. The van der Waals surface area contributed by atoms with Crippen LogP contribution >= 0.6 is 15.9 Å². The molecule has 0 saturated carbocycles. The molecule has 21 heavy (non-hydrogen) atoms. The maximum Gasteiger partial charge on any atom is 0.272 e. The van der Waals surface area contributed by atoms with E-state index in [4.69, 9.17) is 10.2 Å². The summed E-state index contributed by atoms with van der Waals surface area (Å²) in [6, 6.07) is 1.94. The van der Waals surface area contributed by atoms with Gasteiger partial charge in [0.25, 0.3) is 5.91 Å². The first-order valence-electron chi connectivity index (χ1n) is 6.65. The van der Waals surface area contributed by atoms with Crippen molar-refractivity contribution in [3.63, 3.8) is 0 Å². The van der Waals surface area contributed by atoms with Gasteiger partial charge in [-0.05, 0) is 41.4 Å². The van der Waals surface area contributed by atoms with Gasteiger partial charge < -0.3 is 15.1 Å². The topological polar surface area (TPSA) is 78.1 Å². The predicted octanol–water partition coefficient (Wildman–Crippen LogP) is 1.14. The Morgan fingerprint density at radius 3 is 2.52 bits per heavy atom. The van der Waals surface area contributed by atoms with Gasteiger partial charge in [0.05, 0.1) is 23.4 Å². The van der Waals surface area contributed by atoms with Crippen molar-refractivity contribution in [2.75, 3.05) is 26.3 Å². The molecule has 2 heterocycles. The number of fused-ring (bicyclic) bond motifs is 1. The van der Waals surface area contributed by atoms with Crippen LogP contribution in [0.5, 0.6) is 0 Å². The highest BCUT2D eigenvalue weighted by atomic mass is 79.9. The number of rotatable bonds is 5. The van der Waals surface area contributed by atoms with E-state index in [-0.39, 0.29) is 32.2 Å². The Morgan fingerprint density at radius 1 is 1.33 bits per heavy atom. The summed E-state index contributed by atoms with van der Waals surface area (Å²) in [6.45, 7) is 3.78. The third kappa shape index (κ3) is 3.09. The first-order valence-corrected chi connectivity index (χ1v) is 7.44. The number of pyridine rings is 1. The summed E-state index contributed by atoms with van der Waals surface area (Å²) in [5.74, 6) is -0.249. The second kappa shape index (κ2) is 6.55. The van der Waals surface area contributed by atoms with Crippen LogP contribution < -0.4 is 0 Å². The molecule has 0 radical (unpaired) electrons. The van der Waals surface area contributed by atoms with Crippen molar-refractivity contribution >= 4 is 27.5 Å².